The summed E-state index contributed by atoms with van der Waals surface area (Å²) in [6, 6.07) is 17.1. The number of hydrogen-bond acceptors (Lipinski definition) is 6. The summed E-state index contributed by atoms with van der Waals surface area (Å²) in [6.45, 7) is 4.27. The van der Waals surface area contributed by atoms with Crippen LogP contribution in [-0.4, -0.2) is 62.4 Å². The van der Waals surface area contributed by atoms with E-state index in [9.17, 15) is 4.79 Å². The fourth-order valence-electron chi connectivity index (χ4n) is 3.42. The van der Waals surface area contributed by atoms with Crippen LogP contribution in [0.3, 0.4) is 0 Å². The van der Waals surface area contributed by atoms with Gasteiger partial charge in [-0.25, -0.2) is 9.78 Å². The van der Waals surface area contributed by atoms with Crippen molar-refractivity contribution in [2.75, 3.05) is 46.6 Å². The first-order chi connectivity index (χ1) is 14.2. The quantitative estimate of drug-likeness (QED) is 0.599. The predicted octanol–water partition coefficient (Wildman–Crippen LogP) is 3.40. The van der Waals surface area contributed by atoms with Gasteiger partial charge in [0, 0.05) is 30.6 Å². The molecule has 1 saturated heterocycles. The van der Waals surface area contributed by atoms with Crippen LogP contribution >= 0.6 is 0 Å². The van der Waals surface area contributed by atoms with E-state index in [-0.39, 0.29) is 5.97 Å². The lowest BCUT2D eigenvalue weighted by Crippen LogP contribution is -2.38. The summed E-state index contributed by atoms with van der Waals surface area (Å²) in [5.74, 6) is 0.448. The highest BCUT2D eigenvalue weighted by Crippen LogP contribution is 2.26. The Morgan fingerprint density at radius 2 is 1.86 bits per heavy atom. The summed E-state index contributed by atoms with van der Waals surface area (Å²) in [7, 11) is 1.63. The minimum absolute atomic E-state index is 0.327. The molecule has 0 atom stereocenters. The van der Waals surface area contributed by atoms with Gasteiger partial charge in [-0.05, 0) is 36.4 Å². The smallest absolute Gasteiger partial charge is 0.338 e. The molecule has 1 aliphatic rings. The average Bonchev–Trinajstić information content (AvgIpc) is 2.79. The minimum Gasteiger partial charge on any atom is -0.497 e. The number of methoxy groups -OCH3 is 1. The average molecular weight is 392 g/mol. The van der Waals surface area contributed by atoms with Gasteiger partial charge in [-0.3, -0.25) is 4.90 Å². The number of rotatable bonds is 6. The third kappa shape index (κ3) is 4.55. The molecule has 6 heteroatoms. The first-order valence-corrected chi connectivity index (χ1v) is 9.76. The molecule has 29 heavy (non-hydrogen) atoms. The van der Waals surface area contributed by atoms with E-state index < -0.39 is 0 Å². The van der Waals surface area contributed by atoms with Gasteiger partial charge >= 0.3 is 5.97 Å². The molecular weight excluding hydrogens is 368 g/mol. The SMILES string of the molecule is COc1ccc(-c2cc(C(=O)OCCN3CCOCC3)c3ccccc3n2)cc1. The lowest BCUT2D eigenvalue weighted by atomic mass is 10.0. The van der Waals surface area contributed by atoms with E-state index in [0.29, 0.717) is 18.7 Å². The number of ether oxygens (including phenoxy) is 3. The standard InChI is InChI=1S/C23H24N2O4/c1-27-18-8-6-17(7-9-18)22-16-20(19-4-2-3-5-21(19)24-22)23(26)29-15-12-25-10-13-28-14-11-25/h2-9,16H,10-15H2,1H3. The van der Waals surface area contributed by atoms with Gasteiger partial charge in [0.25, 0.3) is 0 Å². The molecule has 1 fully saturated rings. The highest BCUT2D eigenvalue weighted by molar-refractivity contribution is 6.04. The number of carbonyl (C=O) groups excluding carboxylic acids is 1. The van der Waals surface area contributed by atoms with E-state index in [1.807, 2.05) is 48.5 Å². The van der Waals surface area contributed by atoms with E-state index in [0.717, 1.165) is 54.2 Å². The van der Waals surface area contributed by atoms with E-state index in [1.54, 1.807) is 13.2 Å². The van der Waals surface area contributed by atoms with Crippen LogP contribution in [0.5, 0.6) is 5.75 Å². The molecule has 150 valence electrons. The highest BCUT2D eigenvalue weighted by Gasteiger charge is 2.16. The summed E-state index contributed by atoms with van der Waals surface area (Å²) in [5, 5.41) is 0.793. The topological polar surface area (TPSA) is 60.9 Å². The van der Waals surface area contributed by atoms with Crippen LogP contribution in [-0.2, 0) is 9.47 Å². The van der Waals surface area contributed by atoms with Crippen LogP contribution in [0.2, 0.25) is 0 Å². The summed E-state index contributed by atoms with van der Waals surface area (Å²) < 4.78 is 16.2. The molecule has 2 heterocycles. The lowest BCUT2D eigenvalue weighted by molar-refractivity contribution is 0.0196. The molecule has 1 aliphatic heterocycles. The molecule has 6 nitrogen and oxygen atoms in total. The number of esters is 1. The van der Waals surface area contributed by atoms with Gasteiger partial charge in [0.2, 0.25) is 0 Å². The van der Waals surface area contributed by atoms with Crippen molar-refractivity contribution >= 4 is 16.9 Å². The number of fused-ring (bicyclic) bond motifs is 1. The fraction of sp³-hybridized carbons (Fsp3) is 0.304. The fourth-order valence-corrected chi connectivity index (χ4v) is 3.42. The van der Waals surface area contributed by atoms with Crippen molar-refractivity contribution < 1.29 is 19.0 Å². The Bertz CT molecular complexity index is 982. The molecule has 0 radical (unpaired) electrons. The predicted molar refractivity (Wildman–Crippen MR) is 111 cm³/mol. The Balaban J connectivity index is 1.57. The number of morpholine rings is 1. The monoisotopic (exact) mass is 392 g/mol. The van der Waals surface area contributed by atoms with Crippen LogP contribution in [0.25, 0.3) is 22.2 Å². The minimum atomic E-state index is -0.327. The zero-order valence-electron chi connectivity index (χ0n) is 16.5. The van der Waals surface area contributed by atoms with Crippen LogP contribution < -0.4 is 4.74 Å². The highest BCUT2D eigenvalue weighted by atomic mass is 16.5. The number of hydrogen-bond donors (Lipinski definition) is 0. The molecule has 3 aromatic rings. The Labute approximate surface area is 170 Å². The summed E-state index contributed by atoms with van der Waals surface area (Å²) in [6.07, 6.45) is 0. The van der Waals surface area contributed by atoms with E-state index >= 15 is 0 Å². The zero-order chi connectivity index (χ0) is 20.1. The maximum atomic E-state index is 12.9. The van der Waals surface area contributed by atoms with Gasteiger partial charge in [-0.1, -0.05) is 18.2 Å². The van der Waals surface area contributed by atoms with Crippen LogP contribution in [0.1, 0.15) is 10.4 Å². The van der Waals surface area contributed by atoms with Gasteiger partial charge in [-0.15, -0.1) is 0 Å². The van der Waals surface area contributed by atoms with Crippen molar-refractivity contribution in [1.29, 1.82) is 0 Å². The number of pyridine rings is 1. The molecule has 0 bridgehead atoms. The second-order valence-electron chi connectivity index (χ2n) is 6.89. The van der Waals surface area contributed by atoms with Gasteiger partial charge in [0.05, 0.1) is 37.1 Å². The zero-order valence-corrected chi connectivity index (χ0v) is 16.5. The molecule has 0 N–H and O–H groups in total. The summed E-state index contributed by atoms with van der Waals surface area (Å²) in [5.41, 5.74) is 2.94. The summed E-state index contributed by atoms with van der Waals surface area (Å²) in [4.78, 5) is 19.8. The third-order valence-corrected chi connectivity index (χ3v) is 5.07. The van der Waals surface area contributed by atoms with Crippen molar-refractivity contribution in [1.82, 2.24) is 9.88 Å². The number of carbonyl (C=O) groups is 1. The Hall–Kier alpha value is -2.96. The third-order valence-electron chi connectivity index (χ3n) is 5.07. The maximum absolute atomic E-state index is 12.9. The van der Waals surface area contributed by atoms with Crippen LogP contribution in [0, 0.1) is 0 Å². The first-order valence-electron chi connectivity index (χ1n) is 9.76. The Morgan fingerprint density at radius 1 is 1.10 bits per heavy atom. The molecule has 2 aromatic carbocycles. The number of aromatic nitrogens is 1. The number of para-hydroxylation sites is 1. The number of benzene rings is 2. The first kappa shape index (κ1) is 19.4. The molecule has 1 aromatic heterocycles. The molecule has 0 aliphatic carbocycles. The van der Waals surface area contributed by atoms with Crippen molar-refractivity contribution in [2.45, 2.75) is 0 Å². The van der Waals surface area contributed by atoms with Gasteiger partial charge < -0.3 is 14.2 Å². The molecule has 0 spiro atoms. The number of nitrogens with zero attached hydrogens (tertiary/aromatic N) is 2. The molecule has 0 saturated carbocycles. The molecule has 4 rings (SSSR count). The van der Waals surface area contributed by atoms with Crippen molar-refractivity contribution in [3.63, 3.8) is 0 Å². The van der Waals surface area contributed by atoms with E-state index in [4.69, 9.17) is 19.2 Å². The lowest BCUT2D eigenvalue weighted by Gasteiger charge is -2.26. The molecule has 0 amide bonds. The second-order valence-corrected chi connectivity index (χ2v) is 6.89. The van der Waals surface area contributed by atoms with E-state index in [2.05, 4.69) is 4.90 Å². The van der Waals surface area contributed by atoms with E-state index in [1.165, 1.54) is 0 Å². The normalized spacial score (nSPS) is 14.7. The Kier molecular flexibility index (Phi) is 6.03. The van der Waals surface area contributed by atoms with Crippen molar-refractivity contribution in [3.8, 4) is 17.0 Å². The second kappa shape index (κ2) is 9.03. The van der Waals surface area contributed by atoms with Crippen molar-refractivity contribution in [3.05, 3.63) is 60.2 Å². The van der Waals surface area contributed by atoms with Gasteiger partial charge in [0.15, 0.2) is 0 Å². The molecular formula is C23H24N2O4. The van der Waals surface area contributed by atoms with Gasteiger partial charge in [-0.2, -0.15) is 0 Å². The molecule has 0 unspecified atom stereocenters. The Morgan fingerprint density at radius 3 is 2.62 bits per heavy atom. The van der Waals surface area contributed by atoms with Gasteiger partial charge in [0.1, 0.15) is 12.4 Å². The maximum Gasteiger partial charge on any atom is 0.338 e. The van der Waals surface area contributed by atoms with Crippen molar-refractivity contribution in [2.24, 2.45) is 0 Å². The van der Waals surface area contributed by atoms with Crippen LogP contribution in [0.15, 0.2) is 54.6 Å². The largest absolute Gasteiger partial charge is 0.497 e. The summed E-state index contributed by atoms with van der Waals surface area (Å²) >= 11 is 0. The van der Waals surface area contributed by atoms with Crippen LogP contribution in [0.4, 0.5) is 0 Å².